The van der Waals surface area contributed by atoms with Crippen LogP contribution in [0.4, 0.5) is 0 Å². The maximum absolute atomic E-state index is 9.61. The van der Waals surface area contributed by atoms with Crippen molar-refractivity contribution in [1.82, 2.24) is 9.55 Å². The zero-order valence-corrected chi connectivity index (χ0v) is 12.3. The number of aliphatic hydroxyl groups excluding tert-OH is 1. The van der Waals surface area contributed by atoms with E-state index in [2.05, 4.69) is 43.5 Å². The van der Waals surface area contributed by atoms with Gasteiger partial charge in [-0.2, -0.15) is 0 Å². The fourth-order valence-corrected chi connectivity index (χ4v) is 2.91. The SMILES string of the molecule is CCn1c(CC(C)(C)CC(C)O)nc2ccccc21. The zero-order chi connectivity index (χ0) is 14.0. The van der Waals surface area contributed by atoms with Gasteiger partial charge in [-0.05, 0) is 37.8 Å². The van der Waals surface area contributed by atoms with E-state index < -0.39 is 0 Å². The van der Waals surface area contributed by atoms with Crippen molar-refractivity contribution >= 4 is 11.0 Å². The third-order valence-corrected chi connectivity index (χ3v) is 3.53. The summed E-state index contributed by atoms with van der Waals surface area (Å²) in [5.74, 6) is 1.12. The predicted octanol–water partition coefficient (Wildman–Crippen LogP) is 3.40. The molecular weight excluding hydrogens is 236 g/mol. The third kappa shape index (κ3) is 3.16. The Morgan fingerprint density at radius 2 is 2.00 bits per heavy atom. The van der Waals surface area contributed by atoms with E-state index in [1.54, 1.807) is 0 Å². The number of benzene rings is 1. The number of imidazole rings is 1. The van der Waals surface area contributed by atoms with Gasteiger partial charge in [0, 0.05) is 13.0 Å². The van der Waals surface area contributed by atoms with Gasteiger partial charge in [-0.25, -0.2) is 4.98 Å². The maximum Gasteiger partial charge on any atom is 0.110 e. The molecule has 3 nitrogen and oxygen atoms in total. The number of fused-ring (bicyclic) bond motifs is 1. The van der Waals surface area contributed by atoms with Crippen molar-refractivity contribution in [3.05, 3.63) is 30.1 Å². The van der Waals surface area contributed by atoms with Gasteiger partial charge >= 0.3 is 0 Å². The molecule has 1 heterocycles. The second kappa shape index (κ2) is 5.33. The second-order valence-electron chi connectivity index (χ2n) is 6.16. The van der Waals surface area contributed by atoms with Crippen LogP contribution in [0.3, 0.4) is 0 Å². The first-order chi connectivity index (χ1) is 8.93. The van der Waals surface area contributed by atoms with Gasteiger partial charge in [-0.15, -0.1) is 0 Å². The van der Waals surface area contributed by atoms with Crippen molar-refractivity contribution < 1.29 is 5.11 Å². The summed E-state index contributed by atoms with van der Waals surface area (Å²) in [6.45, 7) is 9.32. The molecular formula is C16H24N2O. The molecule has 0 aliphatic rings. The lowest BCUT2D eigenvalue weighted by Crippen LogP contribution is -2.23. The molecule has 0 spiro atoms. The summed E-state index contributed by atoms with van der Waals surface area (Å²) in [5, 5.41) is 9.61. The lowest BCUT2D eigenvalue weighted by atomic mass is 9.83. The van der Waals surface area contributed by atoms with Crippen LogP contribution in [-0.4, -0.2) is 20.8 Å². The van der Waals surface area contributed by atoms with Crippen LogP contribution in [0.5, 0.6) is 0 Å². The van der Waals surface area contributed by atoms with Crippen molar-refractivity contribution in [1.29, 1.82) is 0 Å². The normalized spacial score (nSPS) is 13.9. The summed E-state index contributed by atoms with van der Waals surface area (Å²) >= 11 is 0. The molecule has 1 atom stereocenters. The maximum atomic E-state index is 9.61. The minimum absolute atomic E-state index is 0.0580. The summed E-state index contributed by atoms with van der Waals surface area (Å²) in [6.07, 6.45) is 1.41. The van der Waals surface area contributed by atoms with Gasteiger partial charge in [0.15, 0.2) is 0 Å². The smallest absolute Gasteiger partial charge is 0.110 e. The lowest BCUT2D eigenvalue weighted by Gasteiger charge is -2.26. The van der Waals surface area contributed by atoms with Gasteiger partial charge < -0.3 is 9.67 Å². The highest BCUT2D eigenvalue weighted by molar-refractivity contribution is 5.75. The predicted molar refractivity (Wildman–Crippen MR) is 79.2 cm³/mol. The number of para-hydroxylation sites is 2. The fourth-order valence-electron chi connectivity index (χ4n) is 2.91. The van der Waals surface area contributed by atoms with Crippen LogP contribution in [0.2, 0.25) is 0 Å². The Balaban J connectivity index is 2.34. The van der Waals surface area contributed by atoms with E-state index in [4.69, 9.17) is 4.98 Å². The molecule has 0 fully saturated rings. The highest BCUT2D eigenvalue weighted by atomic mass is 16.3. The van der Waals surface area contributed by atoms with Gasteiger partial charge in [-0.1, -0.05) is 26.0 Å². The number of hydrogen-bond donors (Lipinski definition) is 1. The van der Waals surface area contributed by atoms with Crippen LogP contribution in [0.25, 0.3) is 11.0 Å². The van der Waals surface area contributed by atoms with Crippen LogP contribution >= 0.6 is 0 Å². The molecule has 104 valence electrons. The summed E-state index contributed by atoms with van der Waals surface area (Å²) in [4.78, 5) is 4.76. The Hall–Kier alpha value is -1.35. The molecule has 2 aromatic rings. The Bertz CT molecular complexity index is 555. The molecule has 1 aromatic heterocycles. The van der Waals surface area contributed by atoms with Crippen LogP contribution in [0.15, 0.2) is 24.3 Å². The number of aryl methyl sites for hydroxylation is 1. The molecule has 1 unspecified atom stereocenters. The quantitative estimate of drug-likeness (QED) is 0.894. The van der Waals surface area contributed by atoms with E-state index >= 15 is 0 Å². The first kappa shape index (κ1) is 14.1. The largest absolute Gasteiger partial charge is 0.393 e. The van der Waals surface area contributed by atoms with Crippen molar-refractivity contribution in [3.8, 4) is 0 Å². The van der Waals surface area contributed by atoms with Crippen molar-refractivity contribution in [2.75, 3.05) is 0 Å². The lowest BCUT2D eigenvalue weighted by molar-refractivity contribution is 0.128. The Morgan fingerprint density at radius 3 is 2.63 bits per heavy atom. The molecule has 0 radical (unpaired) electrons. The van der Waals surface area contributed by atoms with Gasteiger partial charge in [0.2, 0.25) is 0 Å². The number of aliphatic hydroxyl groups is 1. The molecule has 0 aliphatic carbocycles. The molecule has 0 bridgehead atoms. The van der Waals surface area contributed by atoms with Gasteiger partial charge in [-0.3, -0.25) is 0 Å². The summed E-state index contributed by atoms with van der Waals surface area (Å²) in [7, 11) is 0. The fraction of sp³-hybridized carbons (Fsp3) is 0.562. The molecule has 2 rings (SSSR count). The minimum Gasteiger partial charge on any atom is -0.393 e. The highest BCUT2D eigenvalue weighted by Crippen LogP contribution is 2.28. The number of nitrogens with zero attached hydrogens (tertiary/aromatic N) is 2. The first-order valence-corrected chi connectivity index (χ1v) is 7.05. The Kier molecular flexibility index (Phi) is 3.95. The van der Waals surface area contributed by atoms with Crippen molar-refractivity contribution in [2.24, 2.45) is 5.41 Å². The molecule has 19 heavy (non-hydrogen) atoms. The van der Waals surface area contributed by atoms with E-state index in [0.29, 0.717) is 0 Å². The molecule has 0 aliphatic heterocycles. The molecule has 1 N–H and O–H groups in total. The van der Waals surface area contributed by atoms with E-state index in [0.717, 1.165) is 30.7 Å². The molecule has 0 saturated carbocycles. The molecule has 0 amide bonds. The van der Waals surface area contributed by atoms with Gasteiger partial charge in [0.05, 0.1) is 17.1 Å². The van der Waals surface area contributed by atoms with Crippen LogP contribution in [-0.2, 0) is 13.0 Å². The van der Waals surface area contributed by atoms with Crippen LogP contribution in [0.1, 0.15) is 39.9 Å². The summed E-state index contributed by atoms with van der Waals surface area (Å²) in [6, 6.07) is 8.27. The molecule has 0 saturated heterocycles. The average molecular weight is 260 g/mol. The Morgan fingerprint density at radius 1 is 1.32 bits per heavy atom. The van der Waals surface area contributed by atoms with E-state index in [9.17, 15) is 5.11 Å². The third-order valence-electron chi connectivity index (χ3n) is 3.53. The topological polar surface area (TPSA) is 38.0 Å². The average Bonchev–Trinajstić information content (AvgIpc) is 2.62. The van der Waals surface area contributed by atoms with Crippen LogP contribution in [0, 0.1) is 5.41 Å². The molecule has 1 aromatic carbocycles. The zero-order valence-electron chi connectivity index (χ0n) is 12.3. The van der Waals surface area contributed by atoms with E-state index in [1.165, 1.54) is 5.52 Å². The second-order valence-corrected chi connectivity index (χ2v) is 6.16. The summed E-state index contributed by atoms with van der Waals surface area (Å²) < 4.78 is 2.28. The number of aromatic nitrogens is 2. The highest BCUT2D eigenvalue weighted by Gasteiger charge is 2.24. The number of rotatable bonds is 5. The molecule has 3 heteroatoms. The monoisotopic (exact) mass is 260 g/mol. The first-order valence-electron chi connectivity index (χ1n) is 7.05. The Labute approximate surface area is 115 Å². The van der Waals surface area contributed by atoms with E-state index in [-0.39, 0.29) is 11.5 Å². The van der Waals surface area contributed by atoms with Crippen molar-refractivity contribution in [3.63, 3.8) is 0 Å². The van der Waals surface area contributed by atoms with Crippen molar-refractivity contribution in [2.45, 2.75) is 53.2 Å². The number of hydrogen-bond acceptors (Lipinski definition) is 2. The van der Waals surface area contributed by atoms with Crippen LogP contribution < -0.4 is 0 Å². The minimum atomic E-state index is -0.269. The standard InChI is InChI=1S/C16H24N2O/c1-5-18-14-9-7-6-8-13(14)17-15(18)11-16(3,4)10-12(2)19/h6-9,12,19H,5,10-11H2,1-4H3. The van der Waals surface area contributed by atoms with Gasteiger partial charge in [0.1, 0.15) is 5.82 Å². The van der Waals surface area contributed by atoms with Gasteiger partial charge in [0.25, 0.3) is 0 Å². The summed E-state index contributed by atoms with van der Waals surface area (Å²) in [5.41, 5.74) is 2.32. The van der Waals surface area contributed by atoms with E-state index in [1.807, 2.05) is 13.0 Å².